The number of benzene rings is 2. The van der Waals surface area contributed by atoms with E-state index in [1.165, 1.54) is 0 Å². The van der Waals surface area contributed by atoms with Gasteiger partial charge in [0.05, 0.1) is 6.04 Å². The van der Waals surface area contributed by atoms with Crippen molar-refractivity contribution in [3.8, 4) is 0 Å². The zero-order valence-electron chi connectivity index (χ0n) is 14.2. The number of amides is 3. The average molecular weight is 358 g/mol. The van der Waals surface area contributed by atoms with E-state index in [4.69, 9.17) is 11.6 Å². The van der Waals surface area contributed by atoms with E-state index >= 15 is 0 Å². The monoisotopic (exact) mass is 357 g/mol. The lowest BCUT2D eigenvalue weighted by Gasteiger charge is -2.18. The molecule has 2 aromatic carbocycles. The lowest BCUT2D eigenvalue weighted by atomic mass is 10.2. The van der Waals surface area contributed by atoms with Gasteiger partial charge >= 0.3 is 6.03 Å². The third-order valence-corrected chi connectivity index (χ3v) is 4.49. The molecule has 3 rings (SSSR count). The van der Waals surface area contributed by atoms with Crippen molar-refractivity contribution in [1.29, 1.82) is 0 Å². The molecule has 0 bridgehead atoms. The summed E-state index contributed by atoms with van der Waals surface area (Å²) in [5.74, 6) is 0.00749. The predicted octanol–water partition coefficient (Wildman–Crippen LogP) is 3.88. The fourth-order valence-corrected chi connectivity index (χ4v) is 3.02. The van der Waals surface area contributed by atoms with Crippen molar-refractivity contribution in [3.05, 3.63) is 58.6 Å². The maximum absolute atomic E-state index is 12.2. The van der Waals surface area contributed by atoms with Crippen LogP contribution in [0.2, 0.25) is 5.02 Å². The predicted molar refractivity (Wildman–Crippen MR) is 100 cm³/mol. The maximum Gasteiger partial charge on any atom is 0.319 e. The minimum atomic E-state index is -0.339. The molecule has 1 atom stereocenters. The summed E-state index contributed by atoms with van der Waals surface area (Å²) in [6.45, 7) is 4.36. The Morgan fingerprint density at radius 2 is 1.88 bits per heavy atom. The van der Waals surface area contributed by atoms with Gasteiger partial charge in [-0.05, 0) is 43.7 Å². The van der Waals surface area contributed by atoms with Crippen molar-refractivity contribution >= 4 is 34.9 Å². The van der Waals surface area contributed by atoms with Gasteiger partial charge in [0.1, 0.15) is 0 Å². The first kappa shape index (κ1) is 17.3. The molecule has 1 aliphatic heterocycles. The number of rotatable bonds is 3. The van der Waals surface area contributed by atoms with Gasteiger partial charge in [-0.2, -0.15) is 0 Å². The van der Waals surface area contributed by atoms with Crippen LogP contribution in [0.25, 0.3) is 0 Å². The smallest absolute Gasteiger partial charge is 0.319 e. The van der Waals surface area contributed by atoms with Gasteiger partial charge in [-0.1, -0.05) is 35.4 Å². The van der Waals surface area contributed by atoms with Crippen LogP contribution in [0.1, 0.15) is 17.5 Å². The van der Waals surface area contributed by atoms with E-state index in [-0.39, 0.29) is 24.4 Å². The Bertz CT molecular complexity index is 805. The fourth-order valence-electron chi connectivity index (χ4n) is 2.85. The molecule has 2 N–H and O–H groups in total. The van der Waals surface area contributed by atoms with E-state index in [9.17, 15) is 9.59 Å². The lowest BCUT2D eigenvalue weighted by Crippen LogP contribution is -2.39. The summed E-state index contributed by atoms with van der Waals surface area (Å²) in [6.07, 6.45) is 0.288. The van der Waals surface area contributed by atoms with Gasteiger partial charge in [-0.25, -0.2) is 4.79 Å². The molecule has 130 valence electrons. The molecule has 0 aliphatic carbocycles. The second-order valence-corrected chi connectivity index (χ2v) is 6.74. The summed E-state index contributed by atoms with van der Waals surface area (Å²) in [5, 5.41) is 6.21. The zero-order chi connectivity index (χ0) is 18.0. The highest BCUT2D eigenvalue weighted by Crippen LogP contribution is 2.23. The normalized spacial score (nSPS) is 16.8. The van der Waals surface area contributed by atoms with E-state index < -0.39 is 0 Å². The first-order chi connectivity index (χ1) is 11.9. The third-order valence-electron chi connectivity index (χ3n) is 4.25. The van der Waals surface area contributed by atoms with Crippen LogP contribution in [0.5, 0.6) is 0 Å². The van der Waals surface area contributed by atoms with E-state index in [0.717, 1.165) is 16.8 Å². The van der Waals surface area contributed by atoms with Crippen molar-refractivity contribution in [2.45, 2.75) is 26.3 Å². The van der Waals surface area contributed by atoms with Gasteiger partial charge in [0.15, 0.2) is 0 Å². The molecular weight excluding hydrogens is 338 g/mol. The van der Waals surface area contributed by atoms with Crippen molar-refractivity contribution in [2.75, 3.05) is 16.8 Å². The molecule has 5 nitrogen and oxygen atoms in total. The number of aryl methyl sites for hydroxylation is 2. The Morgan fingerprint density at radius 3 is 2.60 bits per heavy atom. The molecule has 25 heavy (non-hydrogen) atoms. The van der Waals surface area contributed by atoms with Crippen LogP contribution in [0.4, 0.5) is 16.2 Å². The summed E-state index contributed by atoms with van der Waals surface area (Å²) in [6, 6.07) is 12.5. The minimum absolute atomic E-state index is 0.00749. The topological polar surface area (TPSA) is 61.4 Å². The fraction of sp³-hybridized carbons (Fsp3) is 0.263. The standard InChI is InChI=1S/C19H20ClN3O2/c1-12-3-7-16(8-4-12)23-11-15(10-18(23)24)21-19(25)22-17-9-14(20)6-5-13(17)2/h3-9,15H,10-11H2,1-2H3,(H2,21,22,25). The largest absolute Gasteiger partial charge is 0.333 e. The summed E-state index contributed by atoms with van der Waals surface area (Å²) in [5.41, 5.74) is 3.57. The summed E-state index contributed by atoms with van der Waals surface area (Å²) in [4.78, 5) is 26.2. The van der Waals surface area contributed by atoms with E-state index in [0.29, 0.717) is 17.3 Å². The molecule has 0 spiro atoms. The number of carbonyl (C=O) groups excluding carboxylic acids is 2. The van der Waals surface area contributed by atoms with Crippen LogP contribution in [-0.4, -0.2) is 24.5 Å². The number of anilines is 2. The average Bonchev–Trinajstić information content (AvgIpc) is 2.92. The van der Waals surface area contributed by atoms with Gasteiger partial charge in [0.2, 0.25) is 5.91 Å². The second kappa shape index (κ2) is 7.15. The molecule has 0 aromatic heterocycles. The van der Waals surface area contributed by atoms with Crippen molar-refractivity contribution in [1.82, 2.24) is 5.32 Å². The molecule has 0 saturated carbocycles. The van der Waals surface area contributed by atoms with Crippen LogP contribution in [-0.2, 0) is 4.79 Å². The van der Waals surface area contributed by atoms with Crippen molar-refractivity contribution < 1.29 is 9.59 Å². The number of hydrogen-bond acceptors (Lipinski definition) is 2. The SMILES string of the molecule is Cc1ccc(N2CC(NC(=O)Nc3cc(Cl)ccc3C)CC2=O)cc1. The molecule has 1 fully saturated rings. The van der Waals surface area contributed by atoms with E-state index in [2.05, 4.69) is 10.6 Å². The number of carbonyl (C=O) groups is 2. The van der Waals surface area contributed by atoms with E-state index in [1.807, 2.05) is 44.2 Å². The van der Waals surface area contributed by atoms with Crippen LogP contribution >= 0.6 is 11.6 Å². The quantitative estimate of drug-likeness (QED) is 0.875. The Kier molecular flexibility index (Phi) is 4.95. The molecule has 2 aromatic rings. The molecule has 1 saturated heterocycles. The molecule has 6 heteroatoms. The van der Waals surface area contributed by atoms with Crippen LogP contribution in [0.15, 0.2) is 42.5 Å². The number of halogens is 1. The highest BCUT2D eigenvalue weighted by molar-refractivity contribution is 6.31. The van der Waals surface area contributed by atoms with Crippen LogP contribution < -0.4 is 15.5 Å². The number of nitrogens with one attached hydrogen (secondary N) is 2. The lowest BCUT2D eigenvalue weighted by molar-refractivity contribution is -0.117. The Morgan fingerprint density at radius 1 is 1.16 bits per heavy atom. The third kappa shape index (κ3) is 4.12. The summed E-state index contributed by atoms with van der Waals surface area (Å²) in [7, 11) is 0. The molecular formula is C19H20ClN3O2. The molecule has 1 heterocycles. The maximum atomic E-state index is 12.2. The Labute approximate surface area is 152 Å². The highest BCUT2D eigenvalue weighted by atomic mass is 35.5. The van der Waals surface area contributed by atoms with Crippen LogP contribution in [0, 0.1) is 13.8 Å². The van der Waals surface area contributed by atoms with Gasteiger partial charge < -0.3 is 15.5 Å². The molecule has 3 amide bonds. The molecule has 0 radical (unpaired) electrons. The van der Waals surface area contributed by atoms with Crippen molar-refractivity contribution in [3.63, 3.8) is 0 Å². The van der Waals surface area contributed by atoms with E-state index in [1.54, 1.807) is 17.0 Å². The van der Waals surface area contributed by atoms with Gasteiger partial charge in [0.25, 0.3) is 0 Å². The summed E-state index contributed by atoms with van der Waals surface area (Å²) >= 11 is 5.96. The van der Waals surface area contributed by atoms with Gasteiger partial charge in [-0.3, -0.25) is 4.79 Å². The highest BCUT2D eigenvalue weighted by Gasteiger charge is 2.31. The molecule has 1 aliphatic rings. The molecule has 1 unspecified atom stereocenters. The zero-order valence-corrected chi connectivity index (χ0v) is 14.9. The van der Waals surface area contributed by atoms with Crippen LogP contribution in [0.3, 0.4) is 0 Å². The Hall–Kier alpha value is -2.53. The number of nitrogens with zero attached hydrogens (tertiary/aromatic N) is 1. The minimum Gasteiger partial charge on any atom is -0.333 e. The number of urea groups is 1. The first-order valence-electron chi connectivity index (χ1n) is 8.13. The second-order valence-electron chi connectivity index (χ2n) is 6.30. The van der Waals surface area contributed by atoms with Gasteiger partial charge in [-0.15, -0.1) is 0 Å². The first-order valence-corrected chi connectivity index (χ1v) is 8.51. The number of hydrogen-bond donors (Lipinski definition) is 2. The summed E-state index contributed by atoms with van der Waals surface area (Å²) < 4.78 is 0. The van der Waals surface area contributed by atoms with Gasteiger partial charge in [0, 0.05) is 29.4 Å². The Balaban J connectivity index is 1.62. The van der Waals surface area contributed by atoms with Crippen molar-refractivity contribution in [2.24, 2.45) is 0 Å².